The molecule has 1 aromatic heterocycles. The van der Waals surface area contributed by atoms with Gasteiger partial charge >= 0.3 is 0 Å². The van der Waals surface area contributed by atoms with Crippen molar-refractivity contribution >= 4 is 0 Å². The number of rotatable bonds is 10. The van der Waals surface area contributed by atoms with Crippen molar-refractivity contribution in [1.29, 1.82) is 0 Å². The Morgan fingerprint density at radius 2 is 1.52 bits per heavy atom. The van der Waals surface area contributed by atoms with Gasteiger partial charge in [0.25, 0.3) is 0 Å². The SMILES string of the molecule is COc1cc(-c2ccn(-c3ccc(OCC4CO4)cc3)n2)cc(OC)c1OCC1CO1. The van der Waals surface area contributed by atoms with Gasteiger partial charge in [-0.3, -0.25) is 0 Å². The summed E-state index contributed by atoms with van der Waals surface area (Å²) in [5.74, 6) is 2.56. The van der Waals surface area contributed by atoms with E-state index in [-0.39, 0.29) is 12.2 Å². The molecule has 3 aromatic rings. The molecule has 3 heterocycles. The van der Waals surface area contributed by atoms with Gasteiger partial charge in [-0.25, -0.2) is 4.68 Å². The van der Waals surface area contributed by atoms with Crippen molar-refractivity contribution in [2.24, 2.45) is 0 Å². The lowest BCUT2D eigenvalue weighted by Gasteiger charge is -2.15. The minimum Gasteiger partial charge on any atom is -0.493 e. The Labute approximate surface area is 180 Å². The van der Waals surface area contributed by atoms with Gasteiger partial charge in [0.15, 0.2) is 11.5 Å². The normalized spacial score (nSPS) is 19.0. The Morgan fingerprint density at radius 3 is 2.10 bits per heavy atom. The second-order valence-electron chi connectivity index (χ2n) is 7.38. The minimum atomic E-state index is 0.142. The highest BCUT2D eigenvalue weighted by Gasteiger charge is 2.25. The van der Waals surface area contributed by atoms with Gasteiger partial charge in [-0.05, 0) is 42.5 Å². The maximum absolute atomic E-state index is 5.87. The lowest BCUT2D eigenvalue weighted by molar-refractivity contribution is 0.241. The van der Waals surface area contributed by atoms with Gasteiger partial charge in [-0.2, -0.15) is 5.10 Å². The van der Waals surface area contributed by atoms with Crippen molar-refractivity contribution in [3.8, 4) is 39.9 Å². The minimum absolute atomic E-state index is 0.142. The van der Waals surface area contributed by atoms with E-state index in [0.29, 0.717) is 30.5 Å². The van der Waals surface area contributed by atoms with Crippen molar-refractivity contribution in [2.75, 3.05) is 40.6 Å². The molecule has 2 atom stereocenters. The fourth-order valence-electron chi connectivity index (χ4n) is 3.18. The second kappa shape index (κ2) is 8.49. The molecular formula is C23H24N2O6. The molecule has 2 saturated heterocycles. The lowest BCUT2D eigenvalue weighted by Crippen LogP contribution is -2.06. The molecule has 2 aliphatic heterocycles. The molecule has 2 aromatic carbocycles. The van der Waals surface area contributed by atoms with Gasteiger partial charge in [0.2, 0.25) is 5.75 Å². The van der Waals surface area contributed by atoms with Crippen LogP contribution in [0.4, 0.5) is 0 Å². The summed E-state index contributed by atoms with van der Waals surface area (Å²) in [6.45, 7) is 2.56. The first-order valence-electron chi connectivity index (χ1n) is 10.1. The molecule has 2 aliphatic rings. The van der Waals surface area contributed by atoms with Crippen molar-refractivity contribution in [1.82, 2.24) is 9.78 Å². The van der Waals surface area contributed by atoms with Crippen molar-refractivity contribution < 1.29 is 28.4 Å². The zero-order valence-electron chi connectivity index (χ0n) is 17.4. The largest absolute Gasteiger partial charge is 0.493 e. The molecule has 8 heteroatoms. The molecule has 2 unspecified atom stereocenters. The highest BCUT2D eigenvalue weighted by molar-refractivity contribution is 5.68. The fraction of sp³-hybridized carbons (Fsp3) is 0.348. The molecule has 0 spiro atoms. The second-order valence-corrected chi connectivity index (χ2v) is 7.38. The van der Waals surface area contributed by atoms with E-state index in [4.69, 9.17) is 33.5 Å². The van der Waals surface area contributed by atoms with Gasteiger partial charge < -0.3 is 28.4 Å². The summed E-state index contributed by atoms with van der Waals surface area (Å²) in [5, 5.41) is 4.71. The van der Waals surface area contributed by atoms with Crippen LogP contribution in [0.5, 0.6) is 23.0 Å². The third-order valence-corrected chi connectivity index (χ3v) is 5.10. The molecule has 8 nitrogen and oxygen atoms in total. The standard InChI is InChI=1S/C23H24N2O6/c1-26-21-9-15(10-22(27-2)23(21)31-14-19-13-30-19)20-7-8-25(24-20)16-3-5-17(6-4-16)28-11-18-12-29-18/h3-10,18-19H,11-14H2,1-2H3. The summed E-state index contributed by atoms with van der Waals surface area (Å²) >= 11 is 0. The number of nitrogens with zero attached hydrogens (tertiary/aromatic N) is 2. The van der Waals surface area contributed by atoms with Crippen LogP contribution in [0.2, 0.25) is 0 Å². The Balaban J connectivity index is 1.35. The van der Waals surface area contributed by atoms with Gasteiger partial charge in [0, 0.05) is 11.8 Å². The molecule has 0 bridgehead atoms. The molecule has 2 fully saturated rings. The third-order valence-electron chi connectivity index (χ3n) is 5.10. The van der Waals surface area contributed by atoms with E-state index in [0.717, 1.165) is 35.9 Å². The monoisotopic (exact) mass is 424 g/mol. The molecule has 0 N–H and O–H groups in total. The molecule has 5 rings (SSSR count). The molecule has 162 valence electrons. The van der Waals surface area contributed by atoms with Crippen LogP contribution in [0.25, 0.3) is 16.9 Å². The predicted octanol–water partition coefficient (Wildman–Crippen LogP) is 3.11. The van der Waals surface area contributed by atoms with Crippen LogP contribution in [0.1, 0.15) is 0 Å². The van der Waals surface area contributed by atoms with Gasteiger partial charge in [0.1, 0.15) is 31.2 Å². The van der Waals surface area contributed by atoms with E-state index in [9.17, 15) is 0 Å². The van der Waals surface area contributed by atoms with Gasteiger partial charge in [0.05, 0.1) is 38.8 Å². The number of hydrogen-bond acceptors (Lipinski definition) is 7. The van der Waals surface area contributed by atoms with Gasteiger partial charge in [-0.1, -0.05) is 0 Å². The Kier molecular flexibility index (Phi) is 5.40. The molecule has 0 amide bonds. The third kappa shape index (κ3) is 4.60. The van der Waals surface area contributed by atoms with E-state index in [1.54, 1.807) is 14.2 Å². The first-order valence-corrected chi connectivity index (χ1v) is 10.1. The predicted molar refractivity (Wildman–Crippen MR) is 113 cm³/mol. The zero-order valence-corrected chi connectivity index (χ0v) is 17.4. The highest BCUT2D eigenvalue weighted by Crippen LogP contribution is 2.41. The topological polar surface area (TPSA) is 79.8 Å². The quantitative estimate of drug-likeness (QED) is 0.463. The van der Waals surface area contributed by atoms with Crippen LogP contribution in [0.3, 0.4) is 0 Å². The zero-order chi connectivity index (χ0) is 21.2. The number of hydrogen-bond donors (Lipinski definition) is 0. The van der Waals surface area contributed by atoms with E-state index in [1.165, 1.54) is 0 Å². The number of methoxy groups -OCH3 is 2. The van der Waals surface area contributed by atoms with E-state index < -0.39 is 0 Å². The molecule has 0 saturated carbocycles. The summed E-state index contributed by atoms with van der Waals surface area (Å²) in [6.07, 6.45) is 2.29. The van der Waals surface area contributed by atoms with Crippen LogP contribution in [0, 0.1) is 0 Å². The van der Waals surface area contributed by atoms with Crippen LogP contribution in [0.15, 0.2) is 48.7 Å². The molecular weight excluding hydrogens is 400 g/mol. The first-order chi connectivity index (χ1) is 15.2. The van der Waals surface area contributed by atoms with Crippen LogP contribution >= 0.6 is 0 Å². The Morgan fingerprint density at radius 1 is 0.903 bits per heavy atom. The van der Waals surface area contributed by atoms with Crippen LogP contribution < -0.4 is 18.9 Å². The molecule has 31 heavy (non-hydrogen) atoms. The molecule has 0 aliphatic carbocycles. The summed E-state index contributed by atoms with van der Waals surface area (Å²) in [6, 6.07) is 13.5. The van der Waals surface area contributed by atoms with Crippen molar-refractivity contribution in [3.05, 3.63) is 48.7 Å². The lowest BCUT2D eigenvalue weighted by atomic mass is 10.1. The maximum Gasteiger partial charge on any atom is 0.203 e. The van der Waals surface area contributed by atoms with Crippen LogP contribution in [-0.2, 0) is 9.47 Å². The summed E-state index contributed by atoms with van der Waals surface area (Å²) < 4.78 is 34.9. The first kappa shape index (κ1) is 19.7. The van der Waals surface area contributed by atoms with E-state index in [1.807, 2.05) is 53.3 Å². The van der Waals surface area contributed by atoms with Crippen molar-refractivity contribution in [2.45, 2.75) is 12.2 Å². The number of aromatic nitrogens is 2. The Hall–Kier alpha value is -3.23. The fourth-order valence-corrected chi connectivity index (χ4v) is 3.18. The molecule has 0 radical (unpaired) electrons. The van der Waals surface area contributed by atoms with Gasteiger partial charge in [-0.15, -0.1) is 0 Å². The maximum atomic E-state index is 5.87. The Bertz CT molecular complexity index is 1020. The summed E-state index contributed by atoms with van der Waals surface area (Å²) in [4.78, 5) is 0. The number of benzene rings is 2. The van der Waals surface area contributed by atoms with E-state index >= 15 is 0 Å². The van der Waals surface area contributed by atoms with E-state index in [2.05, 4.69) is 0 Å². The average Bonchev–Trinajstić information content (AvgIpc) is 3.75. The smallest absolute Gasteiger partial charge is 0.203 e. The number of epoxide rings is 2. The highest BCUT2D eigenvalue weighted by atomic mass is 16.6. The summed E-state index contributed by atoms with van der Waals surface area (Å²) in [7, 11) is 3.22. The average molecular weight is 424 g/mol. The van der Waals surface area contributed by atoms with Crippen LogP contribution in [-0.4, -0.2) is 62.6 Å². The van der Waals surface area contributed by atoms with Crippen molar-refractivity contribution in [3.63, 3.8) is 0 Å². The summed E-state index contributed by atoms with van der Waals surface area (Å²) in [5.41, 5.74) is 2.59. The number of ether oxygens (including phenoxy) is 6.